The van der Waals surface area contributed by atoms with Gasteiger partial charge in [0, 0.05) is 17.1 Å². The highest BCUT2D eigenvalue weighted by Crippen LogP contribution is 2.21. The van der Waals surface area contributed by atoms with Gasteiger partial charge in [-0.3, -0.25) is 4.79 Å². The second-order valence-corrected chi connectivity index (χ2v) is 7.05. The van der Waals surface area contributed by atoms with Gasteiger partial charge in [-0.1, -0.05) is 41.9 Å². The minimum absolute atomic E-state index is 0.420. The fourth-order valence-corrected chi connectivity index (χ4v) is 2.45. The van der Waals surface area contributed by atoms with Crippen molar-refractivity contribution in [3.63, 3.8) is 0 Å². The summed E-state index contributed by atoms with van der Waals surface area (Å²) in [7, 11) is 0. The van der Waals surface area contributed by atoms with Gasteiger partial charge in [0.15, 0.2) is 0 Å². The Morgan fingerprint density at radius 2 is 1.96 bits per heavy atom. The lowest BCUT2D eigenvalue weighted by molar-refractivity contribution is -0.147. The molecular formula is C20H24ClNO3. The molecule has 0 aliphatic heterocycles. The second-order valence-electron chi connectivity index (χ2n) is 6.64. The zero-order valence-electron chi connectivity index (χ0n) is 14.6. The first kappa shape index (κ1) is 19.3. The molecule has 0 unspecified atom stereocenters. The molecule has 0 fully saturated rings. The van der Waals surface area contributed by atoms with Crippen LogP contribution in [0.4, 0.5) is 0 Å². The maximum absolute atomic E-state index is 11.1. The van der Waals surface area contributed by atoms with E-state index >= 15 is 0 Å². The molecule has 0 bridgehead atoms. The lowest BCUT2D eigenvalue weighted by atomic mass is 9.90. The van der Waals surface area contributed by atoms with Crippen LogP contribution in [0.5, 0.6) is 5.75 Å². The molecule has 0 aromatic heterocycles. The predicted octanol–water partition coefficient (Wildman–Crippen LogP) is 4.51. The van der Waals surface area contributed by atoms with Gasteiger partial charge in [0.2, 0.25) is 0 Å². The first-order chi connectivity index (χ1) is 11.9. The maximum atomic E-state index is 11.1. The Morgan fingerprint density at radius 3 is 2.68 bits per heavy atom. The topological polar surface area (TPSA) is 58.6 Å². The molecule has 0 radical (unpaired) electrons. The van der Waals surface area contributed by atoms with Gasteiger partial charge in [0.05, 0.1) is 5.41 Å². The zero-order chi connectivity index (χ0) is 18.3. The van der Waals surface area contributed by atoms with Crippen molar-refractivity contribution in [1.82, 2.24) is 5.32 Å². The van der Waals surface area contributed by atoms with Gasteiger partial charge in [-0.15, -0.1) is 0 Å². The molecule has 0 aliphatic carbocycles. The third kappa shape index (κ3) is 6.07. The minimum Gasteiger partial charge on any atom is -0.489 e. The van der Waals surface area contributed by atoms with Crippen molar-refractivity contribution in [2.45, 2.75) is 33.4 Å². The fraction of sp³-hybridized carbons (Fsp3) is 0.350. The van der Waals surface area contributed by atoms with Crippen LogP contribution in [0.2, 0.25) is 5.02 Å². The molecule has 5 heteroatoms. The first-order valence-electron chi connectivity index (χ1n) is 8.28. The van der Waals surface area contributed by atoms with E-state index in [1.165, 1.54) is 0 Å². The molecule has 0 heterocycles. The van der Waals surface area contributed by atoms with Crippen molar-refractivity contribution < 1.29 is 14.6 Å². The fourth-order valence-electron chi connectivity index (χ4n) is 2.26. The molecule has 2 N–H and O–H groups in total. The largest absolute Gasteiger partial charge is 0.489 e. The molecule has 4 nitrogen and oxygen atoms in total. The summed E-state index contributed by atoms with van der Waals surface area (Å²) in [5.41, 5.74) is 1.32. The van der Waals surface area contributed by atoms with Gasteiger partial charge < -0.3 is 15.2 Å². The number of hydrogen-bond acceptors (Lipinski definition) is 3. The van der Waals surface area contributed by atoms with Crippen molar-refractivity contribution in [2.24, 2.45) is 5.41 Å². The van der Waals surface area contributed by atoms with Crippen LogP contribution in [0, 0.1) is 5.41 Å². The average Bonchev–Trinajstić information content (AvgIpc) is 2.58. The molecule has 25 heavy (non-hydrogen) atoms. The number of carboxylic acid groups (broad SMARTS) is 1. The number of aliphatic carboxylic acids is 1. The number of halogens is 1. The van der Waals surface area contributed by atoms with E-state index in [0.717, 1.165) is 16.9 Å². The van der Waals surface area contributed by atoms with E-state index in [-0.39, 0.29) is 0 Å². The Bertz CT molecular complexity index is 716. The summed E-state index contributed by atoms with van der Waals surface area (Å²) < 4.78 is 5.82. The van der Waals surface area contributed by atoms with Gasteiger partial charge in [0.1, 0.15) is 12.4 Å². The summed E-state index contributed by atoms with van der Waals surface area (Å²) in [6.45, 7) is 5.20. The molecular weight excluding hydrogens is 338 g/mol. The van der Waals surface area contributed by atoms with Gasteiger partial charge in [-0.2, -0.15) is 0 Å². The van der Waals surface area contributed by atoms with Crippen molar-refractivity contribution in [3.05, 3.63) is 64.7 Å². The van der Waals surface area contributed by atoms with Crippen LogP contribution in [0.1, 0.15) is 31.4 Å². The third-order valence-electron chi connectivity index (χ3n) is 4.09. The van der Waals surface area contributed by atoms with E-state index in [4.69, 9.17) is 21.4 Å². The highest BCUT2D eigenvalue weighted by Gasteiger charge is 2.25. The monoisotopic (exact) mass is 361 g/mol. The van der Waals surface area contributed by atoms with Gasteiger partial charge in [-0.05, 0) is 50.6 Å². The Hall–Kier alpha value is -2.04. The second kappa shape index (κ2) is 8.88. The first-order valence-corrected chi connectivity index (χ1v) is 8.65. The van der Waals surface area contributed by atoms with Crippen LogP contribution in [-0.2, 0) is 17.9 Å². The quantitative estimate of drug-likeness (QED) is 0.645. The van der Waals surface area contributed by atoms with Gasteiger partial charge >= 0.3 is 5.97 Å². The van der Waals surface area contributed by atoms with Crippen LogP contribution in [0.25, 0.3) is 0 Å². The highest BCUT2D eigenvalue weighted by atomic mass is 35.5. The molecule has 0 amide bonds. The van der Waals surface area contributed by atoms with E-state index in [9.17, 15) is 4.79 Å². The number of benzene rings is 2. The van der Waals surface area contributed by atoms with E-state index in [2.05, 4.69) is 5.32 Å². The molecule has 2 aromatic rings. The number of nitrogens with one attached hydrogen (secondary N) is 1. The van der Waals surface area contributed by atoms with E-state index in [0.29, 0.717) is 31.1 Å². The van der Waals surface area contributed by atoms with Crippen LogP contribution >= 0.6 is 11.6 Å². The van der Waals surface area contributed by atoms with Crippen molar-refractivity contribution in [2.75, 3.05) is 6.54 Å². The molecule has 2 rings (SSSR count). The summed E-state index contributed by atoms with van der Waals surface area (Å²) in [6.07, 6.45) is 0.574. The Balaban J connectivity index is 1.83. The van der Waals surface area contributed by atoms with Crippen molar-refractivity contribution in [3.8, 4) is 5.75 Å². The Kier molecular flexibility index (Phi) is 6.85. The zero-order valence-corrected chi connectivity index (χ0v) is 15.3. The van der Waals surface area contributed by atoms with Crippen molar-refractivity contribution >= 4 is 17.6 Å². The smallest absolute Gasteiger partial charge is 0.309 e. The predicted molar refractivity (Wildman–Crippen MR) is 100.0 cm³/mol. The number of rotatable bonds is 9. The molecule has 0 saturated heterocycles. The van der Waals surface area contributed by atoms with E-state index < -0.39 is 11.4 Å². The number of carbonyl (C=O) groups is 1. The van der Waals surface area contributed by atoms with Gasteiger partial charge in [0.25, 0.3) is 0 Å². The standard InChI is InChI=1S/C20H24ClNO3/c1-20(2,19(23)24)10-11-22-13-15-6-5-8-17(12-15)25-14-16-7-3-4-9-18(16)21/h3-9,12,22H,10-11,13-14H2,1-2H3,(H,23,24). The van der Waals surface area contributed by atoms with Crippen LogP contribution in [0.15, 0.2) is 48.5 Å². The average molecular weight is 362 g/mol. The molecule has 0 atom stereocenters. The van der Waals surface area contributed by atoms with Gasteiger partial charge in [-0.25, -0.2) is 0 Å². The van der Waals surface area contributed by atoms with Crippen LogP contribution in [0.3, 0.4) is 0 Å². The van der Waals surface area contributed by atoms with Crippen LogP contribution < -0.4 is 10.1 Å². The van der Waals surface area contributed by atoms with E-state index in [1.54, 1.807) is 13.8 Å². The Labute approximate surface area is 153 Å². The summed E-state index contributed by atoms with van der Waals surface area (Å²) >= 11 is 6.13. The lowest BCUT2D eigenvalue weighted by Gasteiger charge is -2.19. The number of hydrogen-bond donors (Lipinski definition) is 2. The van der Waals surface area contributed by atoms with Crippen molar-refractivity contribution in [1.29, 1.82) is 0 Å². The molecule has 0 saturated carbocycles. The summed E-state index contributed by atoms with van der Waals surface area (Å²) in [4.78, 5) is 11.1. The van der Waals surface area contributed by atoms with E-state index in [1.807, 2.05) is 48.5 Å². The Morgan fingerprint density at radius 1 is 1.20 bits per heavy atom. The molecule has 134 valence electrons. The molecule has 2 aromatic carbocycles. The molecule has 0 aliphatic rings. The summed E-state index contributed by atoms with van der Waals surface area (Å²) in [5, 5.41) is 13.1. The normalized spacial score (nSPS) is 11.3. The lowest BCUT2D eigenvalue weighted by Crippen LogP contribution is -2.28. The third-order valence-corrected chi connectivity index (χ3v) is 4.45. The number of carboxylic acids is 1. The minimum atomic E-state index is -0.774. The molecule has 0 spiro atoms. The van der Waals surface area contributed by atoms with Crippen LogP contribution in [-0.4, -0.2) is 17.6 Å². The highest BCUT2D eigenvalue weighted by molar-refractivity contribution is 6.31. The number of ether oxygens (including phenoxy) is 1. The summed E-state index contributed by atoms with van der Waals surface area (Å²) in [5.74, 6) is 0.00866. The summed E-state index contributed by atoms with van der Waals surface area (Å²) in [6, 6.07) is 15.5. The SMILES string of the molecule is CC(C)(CCNCc1cccc(OCc2ccccc2Cl)c1)C(=O)O. The maximum Gasteiger partial charge on any atom is 0.309 e.